The number of nitrogens with zero attached hydrogens (tertiary/aromatic N) is 2. The molecule has 2 heterocycles. The Morgan fingerprint density at radius 3 is 2.32 bits per heavy atom. The van der Waals surface area contributed by atoms with Crippen LogP contribution >= 0.6 is 0 Å². The number of carbonyl (C=O) groups excluding carboxylic acids is 2. The van der Waals surface area contributed by atoms with E-state index in [1.54, 1.807) is 12.1 Å². The van der Waals surface area contributed by atoms with Crippen molar-refractivity contribution >= 4 is 23.2 Å². The molecular formula is C46H53N5O5. The van der Waals surface area contributed by atoms with E-state index in [0.717, 1.165) is 65.0 Å². The van der Waals surface area contributed by atoms with E-state index in [1.807, 2.05) is 79.0 Å². The highest BCUT2D eigenvalue weighted by Gasteiger charge is 2.33. The molecule has 10 nitrogen and oxygen atoms in total. The van der Waals surface area contributed by atoms with Gasteiger partial charge in [0.05, 0.1) is 30.2 Å². The maximum atomic E-state index is 12.7. The fourth-order valence-corrected chi connectivity index (χ4v) is 6.91. The number of benzene rings is 4. The SMILES string of the molecule is CN(CCc1ccccn1)C[C@H]1C[C@@H](c2ccc(CO)cc2)O[C@@H](c2cccc(-c3cccc(CNC(=O)CCCCCC(=O)Nc4ccccc4N)c3)c2)O1. The Balaban J connectivity index is 1.03. The van der Waals surface area contributed by atoms with E-state index >= 15 is 0 Å². The molecule has 0 unspecified atom stereocenters. The number of amides is 2. The van der Waals surface area contributed by atoms with Crippen LogP contribution in [0.4, 0.5) is 11.4 Å². The normalized spacial score (nSPS) is 16.7. The van der Waals surface area contributed by atoms with Gasteiger partial charge in [-0.3, -0.25) is 14.6 Å². The molecule has 0 radical (unpaired) electrons. The van der Waals surface area contributed by atoms with Crippen LogP contribution in [0, 0.1) is 0 Å². The zero-order valence-corrected chi connectivity index (χ0v) is 32.1. The lowest BCUT2D eigenvalue weighted by Gasteiger charge is -2.38. The van der Waals surface area contributed by atoms with E-state index in [1.165, 1.54) is 0 Å². The van der Waals surface area contributed by atoms with Crippen molar-refractivity contribution in [3.63, 3.8) is 0 Å². The predicted molar refractivity (Wildman–Crippen MR) is 220 cm³/mol. The highest BCUT2D eigenvalue weighted by atomic mass is 16.7. The van der Waals surface area contributed by atoms with E-state index in [0.29, 0.717) is 50.0 Å². The van der Waals surface area contributed by atoms with E-state index in [9.17, 15) is 14.7 Å². The smallest absolute Gasteiger partial charge is 0.224 e. The molecular weight excluding hydrogens is 703 g/mol. The van der Waals surface area contributed by atoms with Gasteiger partial charge in [-0.25, -0.2) is 0 Å². The molecule has 0 aliphatic carbocycles. The molecule has 0 bridgehead atoms. The number of likely N-dealkylation sites (N-methyl/N-ethyl adjacent to an activating group) is 1. The average molecular weight is 756 g/mol. The van der Waals surface area contributed by atoms with Gasteiger partial charge in [-0.15, -0.1) is 0 Å². The number of unbranched alkanes of at least 4 members (excludes halogenated alkanes) is 2. The summed E-state index contributed by atoms with van der Waals surface area (Å²) in [7, 11) is 2.12. The third-order valence-electron chi connectivity index (χ3n) is 10.1. The lowest BCUT2D eigenvalue weighted by molar-refractivity contribution is -0.252. The van der Waals surface area contributed by atoms with Crippen molar-refractivity contribution in [1.29, 1.82) is 0 Å². The van der Waals surface area contributed by atoms with Crippen LogP contribution in [0.3, 0.4) is 0 Å². The van der Waals surface area contributed by atoms with Gasteiger partial charge in [0.25, 0.3) is 0 Å². The summed E-state index contributed by atoms with van der Waals surface area (Å²) in [6, 6.07) is 37.6. The molecule has 292 valence electrons. The molecule has 2 amide bonds. The maximum absolute atomic E-state index is 12.7. The molecule has 1 aliphatic heterocycles. The van der Waals surface area contributed by atoms with Gasteiger partial charge in [0.15, 0.2) is 6.29 Å². The van der Waals surface area contributed by atoms with Gasteiger partial charge in [-0.05, 0) is 84.1 Å². The first-order valence-corrected chi connectivity index (χ1v) is 19.5. The van der Waals surface area contributed by atoms with E-state index in [-0.39, 0.29) is 30.6 Å². The van der Waals surface area contributed by atoms with Crippen molar-refractivity contribution < 1.29 is 24.2 Å². The number of pyridine rings is 1. The van der Waals surface area contributed by atoms with Crippen LogP contribution in [0.15, 0.2) is 121 Å². The molecule has 5 aromatic rings. The number of nitrogen functional groups attached to an aromatic ring is 1. The number of hydrogen-bond donors (Lipinski definition) is 4. The molecule has 4 aromatic carbocycles. The number of hydrogen-bond acceptors (Lipinski definition) is 8. The van der Waals surface area contributed by atoms with Crippen LogP contribution < -0.4 is 16.4 Å². The molecule has 1 fully saturated rings. The second-order valence-electron chi connectivity index (χ2n) is 14.5. The lowest BCUT2D eigenvalue weighted by atomic mass is 9.98. The Hall–Kier alpha value is -5.39. The topological polar surface area (TPSA) is 139 Å². The first-order chi connectivity index (χ1) is 27.3. The fraction of sp³-hybridized carbons (Fsp3) is 0.326. The van der Waals surface area contributed by atoms with Crippen molar-refractivity contribution in [1.82, 2.24) is 15.2 Å². The summed E-state index contributed by atoms with van der Waals surface area (Å²) in [6.45, 7) is 2.02. The second kappa shape index (κ2) is 20.5. The van der Waals surface area contributed by atoms with Crippen LogP contribution in [-0.4, -0.2) is 53.0 Å². The Morgan fingerprint density at radius 2 is 1.55 bits per heavy atom. The fourth-order valence-electron chi connectivity index (χ4n) is 6.91. The molecule has 6 rings (SSSR count). The van der Waals surface area contributed by atoms with Gasteiger partial charge in [0.1, 0.15) is 0 Å². The number of carbonyl (C=O) groups is 2. The number of nitrogens with two attached hydrogens (primary N) is 1. The third kappa shape index (κ3) is 12.1. The minimum Gasteiger partial charge on any atom is -0.397 e. The number of aliphatic hydroxyl groups is 1. The minimum absolute atomic E-state index is 0.00282. The highest BCUT2D eigenvalue weighted by molar-refractivity contribution is 5.93. The third-order valence-corrected chi connectivity index (χ3v) is 10.1. The Labute approximate surface area is 330 Å². The predicted octanol–water partition coefficient (Wildman–Crippen LogP) is 7.75. The number of anilines is 2. The zero-order valence-electron chi connectivity index (χ0n) is 32.1. The van der Waals surface area contributed by atoms with Crippen molar-refractivity contribution in [3.8, 4) is 11.1 Å². The van der Waals surface area contributed by atoms with E-state index in [2.05, 4.69) is 57.9 Å². The highest BCUT2D eigenvalue weighted by Crippen LogP contribution is 2.39. The van der Waals surface area contributed by atoms with Crippen LogP contribution in [-0.2, 0) is 38.6 Å². The summed E-state index contributed by atoms with van der Waals surface area (Å²) in [4.78, 5) is 31.7. The first kappa shape index (κ1) is 40.3. The monoisotopic (exact) mass is 755 g/mol. The quantitative estimate of drug-likeness (QED) is 0.0526. The summed E-state index contributed by atoms with van der Waals surface area (Å²) in [5.74, 6) is -0.0887. The van der Waals surface area contributed by atoms with Crippen molar-refractivity contribution in [3.05, 3.63) is 149 Å². The number of rotatable bonds is 18. The van der Waals surface area contributed by atoms with Crippen molar-refractivity contribution in [2.24, 2.45) is 0 Å². The van der Waals surface area contributed by atoms with Crippen molar-refractivity contribution in [2.75, 3.05) is 31.2 Å². The molecule has 1 aromatic heterocycles. The number of nitrogens with one attached hydrogen (secondary N) is 2. The first-order valence-electron chi connectivity index (χ1n) is 19.5. The van der Waals surface area contributed by atoms with Gasteiger partial charge in [-0.1, -0.05) is 85.3 Å². The molecule has 1 aliphatic rings. The summed E-state index contributed by atoms with van der Waals surface area (Å²) < 4.78 is 13.3. The molecule has 5 N–H and O–H groups in total. The minimum atomic E-state index is -0.570. The van der Waals surface area contributed by atoms with Gasteiger partial charge in [-0.2, -0.15) is 0 Å². The zero-order chi connectivity index (χ0) is 39.1. The summed E-state index contributed by atoms with van der Waals surface area (Å²) in [5.41, 5.74) is 14.1. The standard InChI is InChI=1S/C46H53N5O5/c1-51(26-24-39-15-7-8-25-48-39)31-40-29-43(35-22-20-33(32-52)21-23-35)56-46(55-40)38-14-10-13-37(28-38)36-12-9-11-34(27-36)30-49-44(53)18-3-2-4-19-45(54)50-42-17-6-5-16-41(42)47/h5-17,20-23,25,27-28,40,43,46,52H,2-4,18-19,24,26,29-32,47H2,1H3,(H,49,53)(H,50,54)/t40-,43+,46+/m1/s1. The van der Waals surface area contributed by atoms with Gasteiger partial charge >= 0.3 is 0 Å². The Bertz CT molecular complexity index is 2010. The summed E-state index contributed by atoms with van der Waals surface area (Å²) in [6.07, 6.45) is 5.56. The maximum Gasteiger partial charge on any atom is 0.224 e. The van der Waals surface area contributed by atoms with Crippen LogP contribution in [0.25, 0.3) is 11.1 Å². The number of aromatic nitrogens is 1. The Morgan fingerprint density at radius 1 is 0.804 bits per heavy atom. The Kier molecular flexibility index (Phi) is 14.7. The second-order valence-corrected chi connectivity index (χ2v) is 14.5. The number of ether oxygens (including phenoxy) is 2. The van der Waals surface area contributed by atoms with Gasteiger partial charge in [0, 0.05) is 62.8 Å². The number of aliphatic hydroxyl groups excluding tert-OH is 1. The van der Waals surface area contributed by atoms with Crippen LogP contribution in [0.2, 0.25) is 0 Å². The largest absolute Gasteiger partial charge is 0.397 e. The molecule has 0 saturated carbocycles. The average Bonchev–Trinajstić information content (AvgIpc) is 3.23. The van der Waals surface area contributed by atoms with Crippen LogP contribution in [0.1, 0.15) is 78.9 Å². The molecule has 1 saturated heterocycles. The lowest BCUT2D eigenvalue weighted by Crippen LogP contribution is -2.38. The summed E-state index contributed by atoms with van der Waals surface area (Å²) in [5, 5.41) is 15.5. The molecule has 3 atom stereocenters. The van der Waals surface area contributed by atoms with Crippen molar-refractivity contribution in [2.45, 2.75) is 76.6 Å². The van der Waals surface area contributed by atoms with E-state index < -0.39 is 6.29 Å². The summed E-state index contributed by atoms with van der Waals surface area (Å²) >= 11 is 0. The van der Waals surface area contributed by atoms with E-state index in [4.69, 9.17) is 15.2 Å². The molecule has 0 spiro atoms. The van der Waals surface area contributed by atoms with Crippen LogP contribution in [0.5, 0.6) is 0 Å². The number of para-hydroxylation sites is 2. The molecule has 56 heavy (non-hydrogen) atoms. The molecule has 10 heteroatoms. The van der Waals surface area contributed by atoms with Gasteiger partial charge in [0.2, 0.25) is 11.8 Å². The van der Waals surface area contributed by atoms with Gasteiger partial charge < -0.3 is 35.8 Å².